The summed E-state index contributed by atoms with van der Waals surface area (Å²) in [5, 5.41) is 0. The number of aromatic nitrogens is 1. The van der Waals surface area contributed by atoms with Gasteiger partial charge in [0, 0.05) is 30.4 Å². The first kappa shape index (κ1) is 14.3. The minimum atomic E-state index is 0.0647. The Bertz CT molecular complexity index is 620. The normalized spacial score (nSPS) is 10.5. The minimum absolute atomic E-state index is 0.0647. The zero-order valence-electron chi connectivity index (χ0n) is 11.7. The summed E-state index contributed by atoms with van der Waals surface area (Å²) in [6.07, 6.45) is 2.59. The fraction of sp³-hybridized carbons (Fsp3) is 0.312. The largest absolute Gasteiger partial charge is 0.493 e. The number of hydrogen-bond donors (Lipinski definition) is 1. The topological polar surface area (TPSA) is 57.2 Å². The first-order chi connectivity index (χ1) is 9.72. The van der Waals surface area contributed by atoms with Gasteiger partial charge in [0.25, 0.3) is 5.56 Å². The van der Waals surface area contributed by atoms with Gasteiger partial charge in [-0.25, -0.2) is 0 Å². The van der Waals surface area contributed by atoms with E-state index in [0.29, 0.717) is 19.7 Å². The summed E-state index contributed by atoms with van der Waals surface area (Å²) < 4.78 is 7.44. The van der Waals surface area contributed by atoms with E-state index in [1.165, 1.54) is 0 Å². The highest BCUT2D eigenvalue weighted by molar-refractivity contribution is 5.32. The molecule has 1 heterocycles. The number of pyridine rings is 1. The van der Waals surface area contributed by atoms with Crippen LogP contribution in [0, 0.1) is 6.92 Å². The van der Waals surface area contributed by atoms with E-state index < -0.39 is 0 Å². The number of ether oxygens (including phenoxy) is 1. The molecule has 0 saturated heterocycles. The van der Waals surface area contributed by atoms with E-state index in [4.69, 9.17) is 10.5 Å². The molecule has 0 atom stereocenters. The zero-order valence-corrected chi connectivity index (χ0v) is 11.7. The Labute approximate surface area is 118 Å². The van der Waals surface area contributed by atoms with E-state index in [1.54, 1.807) is 4.57 Å². The van der Waals surface area contributed by atoms with Crippen molar-refractivity contribution in [1.29, 1.82) is 0 Å². The molecule has 2 N–H and O–H groups in total. The number of benzene rings is 1. The van der Waals surface area contributed by atoms with Crippen LogP contribution in [0.3, 0.4) is 0 Å². The number of nitrogens with zero attached hydrogens (tertiary/aromatic N) is 1. The molecule has 0 bridgehead atoms. The van der Waals surface area contributed by atoms with E-state index >= 15 is 0 Å². The standard InChI is InChI=1S/C16H20N2O2/c1-13-6-4-9-18(16(13)19)10-5-11-20-15-8-3-2-7-14(15)12-17/h2-4,6-9H,5,10-12,17H2,1H3. The van der Waals surface area contributed by atoms with Crippen LogP contribution in [0.25, 0.3) is 0 Å². The van der Waals surface area contributed by atoms with Crippen molar-refractivity contribution in [1.82, 2.24) is 4.57 Å². The average molecular weight is 272 g/mol. The molecule has 0 fully saturated rings. The van der Waals surface area contributed by atoms with Gasteiger partial charge in [0.15, 0.2) is 0 Å². The first-order valence-corrected chi connectivity index (χ1v) is 6.79. The summed E-state index contributed by atoms with van der Waals surface area (Å²) >= 11 is 0. The Kier molecular flexibility index (Phi) is 4.96. The molecule has 2 aromatic rings. The monoisotopic (exact) mass is 272 g/mol. The first-order valence-electron chi connectivity index (χ1n) is 6.79. The predicted octanol–water partition coefficient (Wildman–Crippen LogP) is 2.08. The van der Waals surface area contributed by atoms with Gasteiger partial charge in [-0.1, -0.05) is 24.3 Å². The lowest BCUT2D eigenvalue weighted by molar-refractivity contribution is 0.298. The Hall–Kier alpha value is -2.07. The van der Waals surface area contributed by atoms with Crippen molar-refractivity contribution in [2.45, 2.75) is 26.4 Å². The molecule has 1 aromatic heterocycles. The maximum absolute atomic E-state index is 11.8. The molecule has 20 heavy (non-hydrogen) atoms. The quantitative estimate of drug-likeness (QED) is 0.819. The van der Waals surface area contributed by atoms with E-state index in [-0.39, 0.29) is 5.56 Å². The third-order valence-corrected chi connectivity index (χ3v) is 3.20. The van der Waals surface area contributed by atoms with Crippen LogP contribution in [-0.4, -0.2) is 11.2 Å². The molecule has 0 radical (unpaired) electrons. The average Bonchev–Trinajstić information content (AvgIpc) is 2.48. The summed E-state index contributed by atoms with van der Waals surface area (Å²) in [7, 11) is 0. The van der Waals surface area contributed by atoms with Crippen LogP contribution in [0.4, 0.5) is 0 Å². The molecule has 1 aromatic carbocycles. The maximum Gasteiger partial charge on any atom is 0.253 e. The minimum Gasteiger partial charge on any atom is -0.493 e. The van der Waals surface area contributed by atoms with Crippen LogP contribution in [0.5, 0.6) is 5.75 Å². The van der Waals surface area contributed by atoms with Gasteiger partial charge >= 0.3 is 0 Å². The lowest BCUT2D eigenvalue weighted by Gasteiger charge is -2.11. The van der Waals surface area contributed by atoms with Crippen molar-refractivity contribution in [3.8, 4) is 5.75 Å². The molecule has 0 aliphatic heterocycles. The van der Waals surface area contributed by atoms with Crippen LogP contribution in [-0.2, 0) is 13.1 Å². The van der Waals surface area contributed by atoms with Crippen molar-refractivity contribution in [3.05, 3.63) is 64.1 Å². The molecule has 0 aliphatic rings. The van der Waals surface area contributed by atoms with Crippen molar-refractivity contribution in [2.24, 2.45) is 5.73 Å². The van der Waals surface area contributed by atoms with Gasteiger partial charge < -0.3 is 15.0 Å². The van der Waals surface area contributed by atoms with Crippen LogP contribution >= 0.6 is 0 Å². The van der Waals surface area contributed by atoms with Gasteiger partial charge in [0.1, 0.15) is 5.75 Å². The van der Waals surface area contributed by atoms with Gasteiger partial charge in [-0.2, -0.15) is 0 Å². The highest BCUT2D eigenvalue weighted by atomic mass is 16.5. The zero-order chi connectivity index (χ0) is 14.4. The summed E-state index contributed by atoms with van der Waals surface area (Å²) in [6, 6.07) is 11.5. The van der Waals surface area contributed by atoms with Gasteiger partial charge in [-0.15, -0.1) is 0 Å². The summed E-state index contributed by atoms with van der Waals surface area (Å²) in [5.74, 6) is 0.826. The van der Waals surface area contributed by atoms with Crippen LogP contribution in [0.15, 0.2) is 47.4 Å². The molecule has 4 nitrogen and oxygen atoms in total. The third-order valence-electron chi connectivity index (χ3n) is 3.20. The third kappa shape index (κ3) is 3.48. The summed E-state index contributed by atoms with van der Waals surface area (Å²) in [5.41, 5.74) is 7.49. The molecular formula is C16H20N2O2. The second-order valence-electron chi connectivity index (χ2n) is 4.70. The molecule has 0 aliphatic carbocycles. The number of aryl methyl sites for hydroxylation is 2. The Balaban J connectivity index is 1.88. The van der Waals surface area contributed by atoms with E-state index in [9.17, 15) is 4.79 Å². The highest BCUT2D eigenvalue weighted by Crippen LogP contribution is 2.17. The molecule has 2 rings (SSSR count). The van der Waals surface area contributed by atoms with Crippen LogP contribution in [0.2, 0.25) is 0 Å². The molecule has 106 valence electrons. The lowest BCUT2D eigenvalue weighted by Crippen LogP contribution is -2.22. The number of nitrogens with two attached hydrogens (primary N) is 1. The van der Waals surface area contributed by atoms with Gasteiger partial charge in [0.05, 0.1) is 6.61 Å². The van der Waals surface area contributed by atoms with E-state index in [2.05, 4.69) is 0 Å². The van der Waals surface area contributed by atoms with Crippen molar-refractivity contribution in [3.63, 3.8) is 0 Å². The molecule has 4 heteroatoms. The fourth-order valence-electron chi connectivity index (χ4n) is 2.06. The lowest BCUT2D eigenvalue weighted by atomic mass is 10.2. The summed E-state index contributed by atoms with van der Waals surface area (Å²) in [6.45, 7) is 3.52. The second-order valence-corrected chi connectivity index (χ2v) is 4.70. The van der Waals surface area contributed by atoms with Crippen molar-refractivity contribution < 1.29 is 4.74 Å². The predicted molar refractivity (Wildman–Crippen MR) is 79.9 cm³/mol. The van der Waals surface area contributed by atoms with E-state index in [0.717, 1.165) is 23.3 Å². The maximum atomic E-state index is 11.8. The highest BCUT2D eigenvalue weighted by Gasteiger charge is 2.02. The molecule has 0 amide bonds. The van der Waals surface area contributed by atoms with E-state index in [1.807, 2.05) is 49.5 Å². The van der Waals surface area contributed by atoms with Crippen LogP contribution in [0.1, 0.15) is 17.5 Å². The van der Waals surface area contributed by atoms with Gasteiger partial charge in [0.2, 0.25) is 0 Å². The van der Waals surface area contributed by atoms with Gasteiger partial charge in [-0.3, -0.25) is 4.79 Å². The van der Waals surface area contributed by atoms with Gasteiger partial charge in [-0.05, 0) is 25.5 Å². The molecule has 0 unspecified atom stereocenters. The molecular weight excluding hydrogens is 252 g/mol. The Morgan fingerprint density at radius 1 is 1.20 bits per heavy atom. The summed E-state index contributed by atoms with van der Waals surface area (Å²) in [4.78, 5) is 11.8. The number of hydrogen-bond acceptors (Lipinski definition) is 3. The number of para-hydroxylation sites is 1. The smallest absolute Gasteiger partial charge is 0.253 e. The van der Waals surface area contributed by atoms with Crippen molar-refractivity contribution >= 4 is 0 Å². The van der Waals surface area contributed by atoms with Crippen LogP contribution < -0.4 is 16.0 Å². The molecule has 0 spiro atoms. The molecule has 0 saturated carbocycles. The Morgan fingerprint density at radius 2 is 2.00 bits per heavy atom. The Morgan fingerprint density at radius 3 is 2.80 bits per heavy atom. The van der Waals surface area contributed by atoms with Crippen molar-refractivity contribution in [2.75, 3.05) is 6.61 Å². The second kappa shape index (κ2) is 6.91. The number of rotatable bonds is 6. The SMILES string of the molecule is Cc1cccn(CCCOc2ccccc2CN)c1=O. The fourth-order valence-corrected chi connectivity index (χ4v) is 2.06.